The van der Waals surface area contributed by atoms with E-state index in [0.717, 1.165) is 21.8 Å². The highest BCUT2D eigenvalue weighted by Crippen LogP contribution is 2.22. The van der Waals surface area contributed by atoms with E-state index in [2.05, 4.69) is 10.2 Å². The molecule has 0 unspecified atom stereocenters. The predicted octanol–water partition coefficient (Wildman–Crippen LogP) is 3.45. The molecule has 0 aliphatic heterocycles. The minimum absolute atomic E-state index is 0.0414. The van der Waals surface area contributed by atoms with Crippen LogP contribution in [0.25, 0.3) is 0 Å². The maximum Gasteiger partial charge on any atom is 0.252 e. The SMILES string of the molecule is COc1ccc([C@H](CNC(=O)c2ccccc2SC)N(C)C)cc1. The smallest absolute Gasteiger partial charge is 0.252 e. The normalized spacial score (nSPS) is 12.0. The van der Waals surface area contributed by atoms with E-state index < -0.39 is 0 Å². The standard InChI is InChI=1S/C19H24N2O2S/c1-21(2)17(14-9-11-15(23-3)12-10-14)13-20-19(22)16-7-5-6-8-18(16)24-4/h5-12,17H,13H2,1-4H3,(H,20,22)/t17-/m0/s1. The van der Waals surface area contributed by atoms with Gasteiger partial charge in [0.05, 0.1) is 18.7 Å². The Hall–Kier alpha value is -1.98. The van der Waals surface area contributed by atoms with Gasteiger partial charge in [-0.05, 0) is 50.2 Å². The fourth-order valence-corrected chi connectivity index (χ4v) is 3.14. The van der Waals surface area contributed by atoms with Crippen LogP contribution in [0.5, 0.6) is 5.75 Å². The number of thioether (sulfide) groups is 1. The summed E-state index contributed by atoms with van der Waals surface area (Å²) in [5, 5.41) is 3.06. The van der Waals surface area contributed by atoms with Gasteiger partial charge in [-0.3, -0.25) is 4.79 Å². The first-order chi connectivity index (χ1) is 11.6. The molecule has 2 aromatic carbocycles. The van der Waals surface area contributed by atoms with Gasteiger partial charge in [0.25, 0.3) is 5.91 Å². The molecule has 0 aliphatic carbocycles. The van der Waals surface area contributed by atoms with Gasteiger partial charge in [-0.15, -0.1) is 11.8 Å². The molecule has 128 valence electrons. The summed E-state index contributed by atoms with van der Waals surface area (Å²) in [6.45, 7) is 0.543. The van der Waals surface area contributed by atoms with Crippen molar-refractivity contribution in [2.75, 3.05) is 34.0 Å². The molecule has 1 amide bonds. The van der Waals surface area contributed by atoms with Gasteiger partial charge in [-0.1, -0.05) is 24.3 Å². The highest BCUT2D eigenvalue weighted by Gasteiger charge is 2.17. The number of carbonyl (C=O) groups excluding carboxylic acids is 1. The maximum absolute atomic E-state index is 12.5. The molecule has 0 heterocycles. The van der Waals surface area contributed by atoms with Gasteiger partial charge in [0.2, 0.25) is 0 Å². The molecule has 0 spiro atoms. The highest BCUT2D eigenvalue weighted by molar-refractivity contribution is 7.98. The third-order valence-corrected chi connectivity index (χ3v) is 4.73. The van der Waals surface area contributed by atoms with Crippen molar-refractivity contribution in [2.45, 2.75) is 10.9 Å². The number of nitrogens with one attached hydrogen (secondary N) is 1. The van der Waals surface area contributed by atoms with Crippen molar-refractivity contribution in [1.82, 2.24) is 10.2 Å². The maximum atomic E-state index is 12.5. The van der Waals surface area contributed by atoms with Crippen molar-refractivity contribution in [3.63, 3.8) is 0 Å². The Labute approximate surface area is 148 Å². The number of rotatable bonds is 7. The van der Waals surface area contributed by atoms with Gasteiger partial charge < -0.3 is 15.0 Å². The van der Waals surface area contributed by atoms with Crippen LogP contribution in [0, 0.1) is 0 Å². The highest BCUT2D eigenvalue weighted by atomic mass is 32.2. The summed E-state index contributed by atoms with van der Waals surface area (Å²) >= 11 is 1.58. The number of nitrogens with zero attached hydrogens (tertiary/aromatic N) is 1. The van der Waals surface area contributed by atoms with Crippen LogP contribution >= 0.6 is 11.8 Å². The molecular weight excluding hydrogens is 320 g/mol. The first-order valence-corrected chi connectivity index (χ1v) is 9.01. The Morgan fingerprint density at radius 2 is 1.83 bits per heavy atom. The molecule has 2 aromatic rings. The lowest BCUT2D eigenvalue weighted by atomic mass is 10.1. The van der Waals surface area contributed by atoms with Gasteiger partial charge in [0, 0.05) is 11.4 Å². The quantitative estimate of drug-likeness (QED) is 0.781. The Bertz CT molecular complexity index is 671. The van der Waals surface area contributed by atoms with E-state index in [1.54, 1.807) is 18.9 Å². The first kappa shape index (κ1) is 18.4. The minimum atomic E-state index is -0.0414. The molecule has 1 atom stereocenters. The summed E-state index contributed by atoms with van der Waals surface area (Å²) in [5.41, 5.74) is 1.86. The zero-order valence-electron chi connectivity index (χ0n) is 14.6. The van der Waals surface area contributed by atoms with E-state index in [-0.39, 0.29) is 11.9 Å². The summed E-state index contributed by atoms with van der Waals surface area (Å²) < 4.78 is 5.21. The Morgan fingerprint density at radius 1 is 1.17 bits per heavy atom. The van der Waals surface area contributed by atoms with Crippen LogP contribution in [0.4, 0.5) is 0 Å². The van der Waals surface area contributed by atoms with Crippen molar-refractivity contribution >= 4 is 17.7 Å². The monoisotopic (exact) mass is 344 g/mol. The van der Waals surface area contributed by atoms with E-state index in [9.17, 15) is 4.79 Å². The molecule has 0 saturated carbocycles. The van der Waals surface area contributed by atoms with Crippen LogP contribution < -0.4 is 10.1 Å². The number of ether oxygens (including phenoxy) is 1. The third-order valence-electron chi connectivity index (χ3n) is 3.93. The minimum Gasteiger partial charge on any atom is -0.497 e. The molecule has 24 heavy (non-hydrogen) atoms. The molecule has 0 radical (unpaired) electrons. The van der Waals surface area contributed by atoms with Gasteiger partial charge in [-0.2, -0.15) is 0 Å². The van der Waals surface area contributed by atoms with E-state index in [1.807, 2.05) is 68.9 Å². The van der Waals surface area contributed by atoms with Gasteiger partial charge in [0.15, 0.2) is 0 Å². The second-order valence-corrected chi connectivity index (χ2v) is 6.51. The molecule has 5 heteroatoms. The van der Waals surface area contributed by atoms with Crippen molar-refractivity contribution in [2.24, 2.45) is 0 Å². The second-order valence-electron chi connectivity index (χ2n) is 5.66. The lowest BCUT2D eigenvalue weighted by Crippen LogP contribution is -2.34. The van der Waals surface area contributed by atoms with Crippen molar-refractivity contribution in [1.29, 1.82) is 0 Å². The van der Waals surface area contributed by atoms with Crippen LogP contribution in [0.1, 0.15) is 22.0 Å². The fourth-order valence-electron chi connectivity index (χ4n) is 2.54. The summed E-state index contributed by atoms with van der Waals surface area (Å²) in [5.74, 6) is 0.787. The molecule has 0 fully saturated rings. The summed E-state index contributed by atoms with van der Waals surface area (Å²) in [7, 11) is 5.68. The Morgan fingerprint density at radius 3 is 2.42 bits per heavy atom. The number of amides is 1. The van der Waals surface area contributed by atoms with E-state index in [0.29, 0.717) is 6.54 Å². The van der Waals surface area contributed by atoms with Gasteiger partial charge >= 0.3 is 0 Å². The molecule has 0 aromatic heterocycles. The van der Waals surface area contributed by atoms with E-state index in [4.69, 9.17) is 4.74 Å². The van der Waals surface area contributed by atoms with Crippen LogP contribution in [-0.4, -0.2) is 44.8 Å². The lowest BCUT2D eigenvalue weighted by molar-refractivity contribution is 0.0939. The van der Waals surface area contributed by atoms with Crippen LogP contribution in [0.2, 0.25) is 0 Å². The molecule has 1 N–H and O–H groups in total. The zero-order chi connectivity index (χ0) is 17.5. The molecule has 4 nitrogen and oxygen atoms in total. The summed E-state index contributed by atoms with van der Waals surface area (Å²) in [6, 6.07) is 15.7. The largest absolute Gasteiger partial charge is 0.497 e. The number of hydrogen-bond donors (Lipinski definition) is 1. The average Bonchev–Trinajstić information content (AvgIpc) is 2.61. The molecule has 0 aliphatic rings. The topological polar surface area (TPSA) is 41.6 Å². The number of likely N-dealkylation sites (N-methyl/N-ethyl adjacent to an activating group) is 1. The number of benzene rings is 2. The average molecular weight is 344 g/mol. The van der Waals surface area contributed by atoms with Crippen LogP contribution in [0.3, 0.4) is 0 Å². The van der Waals surface area contributed by atoms with Crippen molar-refractivity contribution in [3.8, 4) is 5.75 Å². The molecule has 2 rings (SSSR count). The van der Waals surface area contributed by atoms with Crippen LogP contribution in [0.15, 0.2) is 53.4 Å². The lowest BCUT2D eigenvalue weighted by Gasteiger charge is -2.25. The number of carbonyl (C=O) groups is 1. The fraction of sp³-hybridized carbons (Fsp3) is 0.316. The van der Waals surface area contributed by atoms with E-state index >= 15 is 0 Å². The third kappa shape index (κ3) is 4.52. The van der Waals surface area contributed by atoms with Crippen molar-refractivity contribution < 1.29 is 9.53 Å². The van der Waals surface area contributed by atoms with Crippen molar-refractivity contribution in [3.05, 3.63) is 59.7 Å². The van der Waals surface area contributed by atoms with Gasteiger partial charge in [-0.25, -0.2) is 0 Å². The molecule has 0 saturated heterocycles. The van der Waals surface area contributed by atoms with E-state index in [1.165, 1.54) is 0 Å². The summed E-state index contributed by atoms with van der Waals surface area (Å²) in [4.78, 5) is 15.6. The predicted molar refractivity (Wildman–Crippen MR) is 100.0 cm³/mol. The van der Waals surface area contributed by atoms with Crippen LogP contribution in [-0.2, 0) is 0 Å². The molecule has 0 bridgehead atoms. The number of methoxy groups -OCH3 is 1. The number of hydrogen-bond acceptors (Lipinski definition) is 4. The Balaban J connectivity index is 2.09. The second kappa shape index (κ2) is 8.76. The Kier molecular flexibility index (Phi) is 6.70. The first-order valence-electron chi connectivity index (χ1n) is 7.78. The zero-order valence-corrected chi connectivity index (χ0v) is 15.4. The molecular formula is C19H24N2O2S. The summed E-state index contributed by atoms with van der Waals surface area (Å²) in [6.07, 6.45) is 1.98. The van der Waals surface area contributed by atoms with Gasteiger partial charge in [0.1, 0.15) is 5.75 Å².